The van der Waals surface area contributed by atoms with Gasteiger partial charge in [-0.05, 0) is 36.0 Å². The maximum absolute atomic E-state index is 6.42. The predicted molar refractivity (Wildman–Crippen MR) is 89.6 cm³/mol. The molecular weight excluding hydrogens is 260 g/mol. The largest absolute Gasteiger partial charge is 0.416 e. The zero-order valence-corrected chi connectivity index (χ0v) is 14.5. The van der Waals surface area contributed by atoms with Crippen molar-refractivity contribution < 1.29 is 4.43 Å². The molecule has 0 heterocycles. The van der Waals surface area contributed by atoms with Gasteiger partial charge in [0.15, 0.2) is 8.32 Å². The monoisotopic (exact) mass is 288 g/mol. The van der Waals surface area contributed by atoms with Crippen LogP contribution < -0.4 is 0 Å². The van der Waals surface area contributed by atoms with E-state index in [1.54, 1.807) is 0 Å². The van der Waals surface area contributed by atoms with Crippen LogP contribution in [0.5, 0.6) is 0 Å². The van der Waals surface area contributed by atoms with Crippen molar-refractivity contribution in [1.29, 1.82) is 0 Å². The van der Waals surface area contributed by atoms with Gasteiger partial charge in [0.1, 0.15) is 0 Å². The Balaban J connectivity index is 2.01. The van der Waals surface area contributed by atoms with Gasteiger partial charge in [-0.2, -0.15) is 0 Å². The molecule has 1 aromatic rings. The molecule has 0 N–H and O–H groups in total. The van der Waals surface area contributed by atoms with Crippen LogP contribution in [0.15, 0.2) is 42.5 Å². The molecule has 0 amide bonds. The second-order valence-corrected chi connectivity index (χ2v) is 12.2. The molecule has 20 heavy (non-hydrogen) atoms. The van der Waals surface area contributed by atoms with Crippen molar-refractivity contribution in [2.24, 2.45) is 5.92 Å². The highest BCUT2D eigenvalue weighted by atomic mass is 28.4. The summed E-state index contributed by atoms with van der Waals surface area (Å²) in [6, 6.07) is 10.9. The molecule has 2 heteroatoms. The molecule has 1 aromatic carbocycles. The van der Waals surface area contributed by atoms with Crippen LogP contribution in [0.25, 0.3) is 0 Å². The van der Waals surface area contributed by atoms with Gasteiger partial charge in [-0.15, -0.1) is 0 Å². The summed E-state index contributed by atoms with van der Waals surface area (Å²) < 4.78 is 6.42. The number of benzene rings is 1. The quantitative estimate of drug-likeness (QED) is 0.535. The van der Waals surface area contributed by atoms with Crippen molar-refractivity contribution in [2.75, 3.05) is 6.61 Å². The van der Waals surface area contributed by atoms with Crippen LogP contribution in [-0.2, 0) is 4.43 Å². The Hall–Kier alpha value is -0.863. The van der Waals surface area contributed by atoms with Gasteiger partial charge in [0.2, 0.25) is 0 Å². The minimum atomic E-state index is -1.64. The molecule has 0 saturated carbocycles. The van der Waals surface area contributed by atoms with E-state index in [2.05, 4.69) is 76.3 Å². The first-order valence-electron chi connectivity index (χ1n) is 7.67. The third kappa shape index (κ3) is 3.42. The van der Waals surface area contributed by atoms with Gasteiger partial charge >= 0.3 is 0 Å². The number of rotatable bonds is 4. The Labute approximate surface area is 125 Å². The van der Waals surface area contributed by atoms with Crippen molar-refractivity contribution in [2.45, 2.75) is 51.2 Å². The van der Waals surface area contributed by atoms with E-state index in [0.29, 0.717) is 11.8 Å². The summed E-state index contributed by atoms with van der Waals surface area (Å²) in [5.41, 5.74) is 1.45. The number of allylic oxidation sites excluding steroid dienone is 1. The third-order valence-corrected chi connectivity index (χ3v) is 9.46. The van der Waals surface area contributed by atoms with E-state index in [0.717, 1.165) is 13.0 Å². The Morgan fingerprint density at radius 3 is 2.40 bits per heavy atom. The molecule has 0 spiro atoms. The highest BCUT2D eigenvalue weighted by Gasteiger charge is 2.38. The van der Waals surface area contributed by atoms with Crippen molar-refractivity contribution in [3.8, 4) is 0 Å². The van der Waals surface area contributed by atoms with Crippen LogP contribution >= 0.6 is 0 Å². The van der Waals surface area contributed by atoms with E-state index in [9.17, 15) is 0 Å². The number of hydrogen-bond acceptors (Lipinski definition) is 1. The van der Waals surface area contributed by atoms with Gasteiger partial charge in [-0.25, -0.2) is 0 Å². The molecule has 1 aliphatic carbocycles. The fraction of sp³-hybridized carbons (Fsp3) is 0.556. The molecular formula is C18H28OSi. The van der Waals surface area contributed by atoms with Crippen LogP contribution in [0.2, 0.25) is 18.1 Å². The van der Waals surface area contributed by atoms with E-state index >= 15 is 0 Å². The van der Waals surface area contributed by atoms with Crippen LogP contribution in [-0.4, -0.2) is 14.9 Å². The molecule has 0 aromatic heterocycles. The lowest BCUT2D eigenvalue weighted by Crippen LogP contribution is -2.42. The van der Waals surface area contributed by atoms with E-state index in [-0.39, 0.29) is 5.04 Å². The molecule has 0 bridgehead atoms. The van der Waals surface area contributed by atoms with E-state index in [1.165, 1.54) is 5.56 Å². The molecule has 2 rings (SSSR count). The summed E-state index contributed by atoms with van der Waals surface area (Å²) in [5.74, 6) is 1.13. The first-order valence-corrected chi connectivity index (χ1v) is 10.6. The average Bonchev–Trinajstić information content (AvgIpc) is 2.84. The van der Waals surface area contributed by atoms with Gasteiger partial charge in [0.25, 0.3) is 0 Å². The normalized spacial score (nSPS) is 23.2. The van der Waals surface area contributed by atoms with Gasteiger partial charge in [0.05, 0.1) is 0 Å². The van der Waals surface area contributed by atoms with Crippen molar-refractivity contribution in [3.05, 3.63) is 48.0 Å². The SMILES string of the molecule is CC(C)(C)[Si](C)(C)OC[C@@H]1C=CC[C@H]1c1ccccc1. The number of hydrogen-bond donors (Lipinski definition) is 0. The molecule has 1 aliphatic rings. The summed E-state index contributed by atoms with van der Waals surface area (Å²) in [6.07, 6.45) is 5.82. The summed E-state index contributed by atoms with van der Waals surface area (Å²) in [4.78, 5) is 0. The molecule has 2 atom stereocenters. The van der Waals surface area contributed by atoms with Gasteiger partial charge in [-0.1, -0.05) is 63.3 Å². The van der Waals surface area contributed by atoms with Crippen molar-refractivity contribution in [1.82, 2.24) is 0 Å². The lowest BCUT2D eigenvalue weighted by Gasteiger charge is -2.37. The molecule has 0 saturated heterocycles. The van der Waals surface area contributed by atoms with Crippen LogP contribution in [0.1, 0.15) is 38.7 Å². The van der Waals surface area contributed by atoms with Crippen LogP contribution in [0.4, 0.5) is 0 Å². The van der Waals surface area contributed by atoms with Gasteiger partial charge in [0, 0.05) is 12.5 Å². The zero-order chi connectivity index (χ0) is 14.8. The second-order valence-electron chi connectivity index (χ2n) is 7.42. The summed E-state index contributed by atoms with van der Waals surface area (Å²) in [7, 11) is -1.64. The minimum Gasteiger partial charge on any atom is -0.416 e. The highest BCUT2D eigenvalue weighted by molar-refractivity contribution is 6.74. The summed E-state index contributed by atoms with van der Waals surface area (Å²) >= 11 is 0. The van der Waals surface area contributed by atoms with Crippen LogP contribution in [0.3, 0.4) is 0 Å². The zero-order valence-electron chi connectivity index (χ0n) is 13.5. The lowest BCUT2D eigenvalue weighted by atomic mass is 9.89. The molecule has 0 radical (unpaired) electrons. The molecule has 0 fully saturated rings. The van der Waals surface area contributed by atoms with Crippen LogP contribution in [0, 0.1) is 5.92 Å². The fourth-order valence-corrected chi connectivity index (χ4v) is 3.53. The molecule has 110 valence electrons. The Bertz CT molecular complexity index is 456. The maximum Gasteiger partial charge on any atom is 0.192 e. The minimum absolute atomic E-state index is 0.289. The van der Waals surface area contributed by atoms with E-state index < -0.39 is 8.32 Å². The van der Waals surface area contributed by atoms with Gasteiger partial charge in [-0.3, -0.25) is 0 Å². The fourth-order valence-electron chi connectivity index (χ4n) is 2.49. The molecule has 1 nitrogen and oxygen atoms in total. The van der Waals surface area contributed by atoms with Crippen molar-refractivity contribution >= 4 is 8.32 Å². The lowest BCUT2D eigenvalue weighted by molar-refractivity contribution is 0.239. The topological polar surface area (TPSA) is 9.23 Å². The maximum atomic E-state index is 6.42. The first-order chi connectivity index (χ1) is 9.31. The molecule has 0 unspecified atom stereocenters. The van der Waals surface area contributed by atoms with Crippen molar-refractivity contribution in [3.63, 3.8) is 0 Å². The smallest absolute Gasteiger partial charge is 0.192 e. The standard InChI is InChI=1S/C18H28OSi/c1-18(2,3)20(4,5)19-14-16-12-9-13-17(16)15-10-7-6-8-11-15/h6-12,16-17H,13-14H2,1-5H3/t16-,17-/m0/s1. The third-order valence-electron chi connectivity index (χ3n) is 4.96. The average molecular weight is 289 g/mol. The molecule has 0 aliphatic heterocycles. The Kier molecular flexibility index (Phi) is 4.55. The summed E-state index contributed by atoms with van der Waals surface area (Å²) in [5, 5.41) is 0.289. The first kappa shape index (κ1) is 15.5. The van der Waals surface area contributed by atoms with E-state index in [4.69, 9.17) is 4.43 Å². The Morgan fingerprint density at radius 1 is 1.15 bits per heavy atom. The highest BCUT2D eigenvalue weighted by Crippen LogP contribution is 2.39. The second kappa shape index (κ2) is 5.86. The van der Waals surface area contributed by atoms with Gasteiger partial charge < -0.3 is 4.43 Å². The summed E-state index contributed by atoms with van der Waals surface area (Å²) in [6.45, 7) is 12.5. The predicted octanol–water partition coefficient (Wildman–Crippen LogP) is 5.37. The van der Waals surface area contributed by atoms with E-state index in [1.807, 2.05) is 0 Å². The Morgan fingerprint density at radius 2 is 1.80 bits per heavy atom.